The zero-order valence-electron chi connectivity index (χ0n) is 13.1. The minimum absolute atomic E-state index is 0.184. The van der Waals surface area contributed by atoms with Gasteiger partial charge in [0.15, 0.2) is 18.9 Å². The maximum Gasteiger partial charge on any atom is 0.360 e. The zero-order valence-corrected chi connectivity index (χ0v) is 13.1. The van der Waals surface area contributed by atoms with Crippen LogP contribution >= 0.6 is 0 Å². The van der Waals surface area contributed by atoms with E-state index in [0.29, 0.717) is 0 Å². The van der Waals surface area contributed by atoms with Crippen LogP contribution in [-0.4, -0.2) is 56.8 Å². The summed E-state index contributed by atoms with van der Waals surface area (Å²) in [6.45, 7) is 1.77. The Labute approximate surface area is 131 Å². The van der Waals surface area contributed by atoms with Crippen LogP contribution in [0.3, 0.4) is 0 Å². The van der Waals surface area contributed by atoms with Crippen LogP contribution in [0.5, 0.6) is 0 Å². The monoisotopic (exact) mass is 328 g/mol. The maximum atomic E-state index is 12.1. The number of methoxy groups -OCH3 is 2. The van der Waals surface area contributed by atoms with Gasteiger partial charge in [-0.05, 0) is 13.8 Å². The van der Waals surface area contributed by atoms with E-state index < -0.39 is 48.3 Å². The molecule has 0 aromatic rings. The summed E-state index contributed by atoms with van der Waals surface area (Å²) in [4.78, 5) is 46.0. The van der Waals surface area contributed by atoms with Crippen molar-refractivity contribution in [2.24, 2.45) is 10.2 Å². The first-order chi connectivity index (χ1) is 10.7. The number of hydrogen-bond acceptors (Lipinski definition) is 10. The highest BCUT2D eigenvalue weighted by molar-refractivity contribution is 6.03. The highest BCUT2D eigenvalue weighted by atomic mass is 16.6. The summed E-state index contributed by atoms with van der Waals surface area (Å²) in [5.41, 5.74) is -1.72. The molecule has 0 amide bonds. The molecule has 1 aliphatic rings. The van der Waals surface area contributed by atoms with Gasteiger partial charge in [0, 0.05) is 0 Å². The molecule has 10 nitrogen and oxygen atoms in total. The van der Waals surface area contributed by atoms with Crippen LogP contribution in [0.2, 0.25) is 0 Å². The van der Waals surface area contributed by atoms with Crippen LogP contribution in [0, 0.1) is 0 Å². The fourth-order valence-corrected chi connectivity index (χ4v) is 1.56. The van der Waals surface area contributed by atoms with Gasteiger partial charge in [0.05, 0.1) is 14.2 Å². The van der Waals surface area contributed by atoms with Gasteiger partial charge >= 0.3 is 23.9 Å². The average molecular weight is 328 g/mol. The van der Waals surface area contributed by atoms with E-state index in [1.54, 1.807) is 0 Å². The van der Waals surface area contributed by atoms with Crippen molar-refractivity contribution >= 4 is 23.9 Å². The van der Waals surface area contributed by atoms with E-state index in [9.17, 15) is 19.2 Å². The number of azo groups is 1. The molecule has 23 heavy (non-hydrogen) atoms. The Hall–Kier alpha value is -2.78. The molecule has 0 spiro atoms. The van der Waals surface area contributed by atoms with Crippen molar-refractivity contribution in [2.75, 3.05) is 27.4 Å². The van der Waals surface area contributed by atoms with E-state index in [2.05, 4.69) is 24.4 Å². The number of ether oxygens (including phenoxy) is 4. The topological polar surface area (TPSA) is 130 Å². The Morgan fingerprint density at radius 3 is 1.87 bits per heavy atom. The Balaban J connectivity index is 2.92. The molecule has 1 rings (SSSR count). The zero-order chi connectivity index (χ0) is 17.6. The van der Waals surface area contributed by atoms with Crippen LogP contribution < -0.4 is 0 Å². The summed E-state index contributed by atoms with van der Waals surface area (Å²) >= 11 is 0. The molecule has 10 heteroatoms. The summed E-state index contributed by atoms with van der Waals surface area (Å²) < 4.78 is 18.1. The molecular formula is C13H16N2O8. The molecule has 0 aliphatic carbocycles. The van der Waals surface area contributed by atoms with Crippen LogP contribution in [-0.2, 0) is 38.1 Å². The number of nitrogens with zero attached hydrogens (tertiary/aromatic N) is 2. The van der Waals surface area contributed by atoms with Crippen molar-refractivity contribution in [2.45, 2.75) is 19.4 Å². The summed E-state index contributed by atoms with van der Waals surface area (Å²) in [6, 6.07) is 0. The van der Waals surface area contributed by atoms with Crippen LogP contribution in [0.25, 0.3) is 0 Å². The second-order valence-corrected chi connectivity index (χ2v) is 4.79. The number of carbonyl (C=O) groups is 4. The first kappa shape index (κ1) is 18.3. The molecule has 0 bridgehead atoms. The van der Waals surface area contributed by atoms with Gasteiger partial charge in [0.1, 0.15) is 11.1 Å². The van der Waals surface area contributed by atoms with Crippen molar-refractivity contribution < 1.29 is 38.1 Å². The fourth-order valence-electron chi connectivity index (χ4n) is 1.56. The summed E-state index contributed by atoms with van der Waals surface area (Å²) in [7, 11) is 2.26. The summed E-state index contributed by atoms with van der Waals surface area (Å²) in [5, 5.41) is 7.39. The van der Waals surface area contributed by atoms with Gasteiger partial charge in [-0.1, -0.05) is 0 Å². The number of esters is 4. The van der Waals surface area contributed by atoms with Crippen LogP contribution in [0.1, 0.15) is 13.8 Å². The third-order valence-corrected chi connectivity index (χ3v) is 2.74. The van der Waals surface area contributed by atoms with E-state index >= 15 is 0 Å². The number of hydrogen-bond donors (Lipinski definition) is 0. The Morgan fingerprint density at radius 2 is 1.39 bits per heavy atom. The second kappa shape index (κ2) is 7.47. The minimum atomic E-state index is -1.15. The van der Waals surface area contributed by atoms with Gasteiger partial charge in [0.2, 0.25) is 0 Å². The summed E-state index contributed by atoms with van der Waals surface area (Å²) in [5.74, 6) is -3.54. The summed E-state index contributed by atoms with van der Waals surface area (Å²) in [6.07, 6.45) is 0. The average Bonchev–Trinajstić information content (AvgIpc) is 2.84. The quantitative estimate of drug-likeness (QED) is 0.489. The van der Waals surface area contributed by atoms with Crippen molar-refractivity contribution in [1.82, 2.24) is 0 Å². The third kappa shape index (κ3) is 4.59. The van der Waals surface area contributed by atoms with Crippen LogP contribution in [0.4, 0.5) is 0 Å². The lowest BCUT2D eigenvalue weighted by atomic mass is 9.94. The first-order valence-corrected chi connectivity index (χ1v) is 6.38. The molecular weight excluding hydrogens is 312 g/mol. The predicted molar refractivity (Wildman–Crippen MR) is 71.9 cm³/mol. The lowest BCUT2D eigenvalue weighted by molar-refractivity contribution is -0.155. The molecule has 1 heterocycles. The molecule has 1 aliphatic heterocycles. The van der Waals surface area contributed by atoms with E-state index in [-0.39, 0.29) is 5.57 Å². The lowest BCUT2D eigenvalue weighted by Gasteiger charge is -2.16. The molecule has 0 saturated heterocycles. The molecule has 0 aromatic heterocycles. The largest absolute Gasteiger partial charge is 0.466 e. The SMILES string of the molecule is COC(=O)COC(=O)C1=C(C(=O)OCC(=O)OC)C(C)(C)N=N1. The number of rotatable bonds is 6. The molecule has 0 atom stereocenters. The van der Waals surface area contributed by atoms with Gasteiger partial charge < -0.3 is 18.9 Å². The Morgan fingerprint density at radius 1 is 0.913 bits per heavy atom. The van der Waals surface area contributed by atoms with Crippen LogP contribution in [0.15, 0.2) is 21.5 Å². The smallest absolute Gasteiger partial charge is 0.360 e. The van der Waals surface area contributed by atoms with Crippen molar-refractivity contribution in [3.63, 3.8) is 0 Å². The maximum absolute atomic E-state index is 12.1. The molecule has 0 radical (unpaired) electrons. The molecule has 0 N–H and O–H groups in total. The normalized spacial score (nSPS) is 15.1. The van der Waals surface area contributed by atoms with Gasteiger partial charge in [-0.3, -0.25) is 0 Å². The Bertz CT molecular complexity index is 591. The van der Waals surface area contributed by atoms with Crippen molar-refractivity contribution in [3.8, 4) is 0 Å². The predicted octanol–water partition coefficient (Wildman–Crippen LogP) is -0.0827. The molecule has 126 valence electrons. The minimum Gasteiger partial charge on any atom is -0.466 e. The molecule has 0 fully saturated rings. The standard InChI is InChI=1S/C13H16N2O8/c1-13(2)9(11(18)22-5-7(16)20-3)10(14-15-13)12(19)23-6-8(17)21-4/h5-6H2,1-4H3. The van der Waals surface area contributed by atoms with E-state index in [0.717, 1.165) is 14.2 Å². The fraction of sp³-hybridized carbons (Fsp3) is 0.538. The molecule has 0 saturated carbocycles. The van der Waals surface area contributed by atoms with Gasteiger partial charge in [-0.25, -0.2) is 19.2 Å². The van der Waals surface area contributed by atoms with E-state index in [1.807, 2.05) is 0 Å². The van der Waals surface area contributed by atoms with E-state index in [1.165, 1.54) is 13.8 Å². The van der Waals surface area contributed by atoms with Gasteiger partial charge in [0.25, 0.3) is 0 Å². The molecule has 0 aromatic carbocycles. The van der Waals surface area contributed by atoms with Crippen molar-refractivity contribution in [3.05, 3.63) is 11.3 Å². The van der Waals surface area contributed by atoms with Gasteiger partial charge in [-0.2, -0.15) is 5.11 Å². The third-order valence-electron chi connectivity index (χ3n) is 2.74. The lowest BCUT2D eigenvalue weighted by Crippen LogP contribution is -2.29. The Kier molecular flexibility index (Phi) is 5.94. The van der Waals surface area contributed by atoms with Gasteiger partial charge in [-0.15, -0.1) is 5.11 Å². The molecule has 0 unspecified atom stereocenters. The highest BCUT2D eigenvalue weighted by Crippen LogP contribution is 2.33. The number of carbonyl (C=O) groups excluding carboxylic acids is 4. The van der Waals surface area contributed by atoms with Crippen molar-refractivity contribution in [1.29, 1.82) is 0 Å². The first-order valence-electron chi connectivity index (χ1n) is 6.38. The highest BCUT2D eigenvalue weighted by Gasteiger charge is 2.41. The van der Waals surface area contributed by atoms with E-state index in [4.69, 9.17) is 4.74 Å². The second-order valence-electron chi connectivity index (χ2n) is 4.79.